The van der Waals surface area contributed by atoms with Gasteiger partial charge in [0.1, 0.15) is 0 Å². The molecule has 110 valence electrons. The molecule has 0 aliphatic rings. The minimum absolute atomic E-state index is 0.0302. The summed E-state index contributed by atoms with van der Waals surface area (Å²) < 4.78 is 0. The summed E-state index contributed by atoms with van der Waals surface area (Å²) in [6, 6.07) is 1.02. The number of hydrogen-bond acceptors (Lipinski definition) is 3. The Kier molecular flexibility index (Phi) is 4.70. The Morgan fingerprint density at radius 3 is 1.90 bits per heavy atom. The third-order valence-corrected chi connectivity index (χ3v) is 4.86. The average molecular weight is 388 g/mol. The van der Waals surface area contributed by atoms with Crippen molar-refractivity contribution in [2.24, 2.45) is 0 Å². The van der Waals surface area contributed by atoms with Crippen molar-refractivity contribution in [1.82, 2.24) is 4.98 Å². The van der Waals surface area contributed by atoms with Crippen molar-refractivity contribution < 1.29 is 4.92 Å². The molecule has 0 aliphatic carbocycles. The van der Waals surface area contributed by atoms with Crippen LogP contribution in [0.2, 0.25) is 25.1 Å². The molecule has 1 aromatic heterocycles. The summed E-state index contributed by atoms with van der Waals surface area (Å²) in [4.78, 5) is 23.6. The van der Waals surface area contributed by atoms with Crippen LogP contribution in [0.3, 0.4) is 0 Å². The molecule has 0 fully saturated rings. The molecule has 1 aromatic carbocycles. The van der Waals surface area contributed by atoms with Gasteiger partial charge in [-0.25, -0.2) is 0 Å². The van der Waals surface area contributed by atoms with E-state index >= 15 is 0 Å². The van der Waals surface area contributed by atoms with Crippen molar-refractivity contribution in [3.05, 3.63) is 57.8 Å². The van der Waals surface area contributed by atoms with Crippen LogP contribution < -0.4 is 5.56 Å². The number of benzene rings is 1. The summed E-state index contributed by atoms with van der Waals surface area (Å²) in [6.45, 7) is 0. The summed E-state index contributed by atoms with van der Waals surface area (Å²) in [5, 5.41) is 10.6. The van der Waals surface area contributed by atoms with E-state index in [9.17, 15) is 14.9 Å². The third-order valence-electron chi connectivity index (χ3n) is 2.58. The van der Waals surface area contributed by atoms with Gasteiger partial charge in [-0.3, -0.25) is 14.9 Å². The maximum atomic E-state index is 11.4. The van der Waals surface area contributed by atoms with E-state index in [1.54, 1.807) is 0 Å². The Hall–Kier alpha value is -0.980. The average Bonchev–Trinajstić information content (AvgIpc) is 2.44. The molecule has 21 heavy (non-hydrogen) atoms. The number of hydrogen-bond donors (Lipinski definition) is 1. The lowest BCUT2D eigenvalue weighted by molar-refractivity contribution is -0.386. The summed E-state index contributed by atoms with van der Waals surface area (Å²) in [5.74, 6) is 0. The molecular formula is C11H3Cl5N2O3. The lowest BCUT2D eigenvalue weighted by Gasteiger charge is -2.12. The summed E-state index contributed by atoms with van der Waals surface area (Å²) in [7, 11) is 0. The van der Waals surface area contributed by atoms with Gasteiger partial charge in [0.05, 0.1) is 30.0 Å². The standard InChI is InChI=1S/C11H3Cl5N2O3/c12-6-5(7(13)9(15)10(16)8(6)14)3-1-4(18(20)21)11(19)17-2-3/h1-2H,(H,17,19). The van der Waals surface area contributed by atoms with Crippen LogP contribution in [0, 0.1) is 10.1 Å². The number of aromatic nitrogens is 1. The van der Waals surface area contributed by atoms with Gasteiger partial charge in [-0.1, -0.05) is 58.0 Å². The molecule has 0 spiro atoms. The molecule has 0 saturated carbocycles. The van der Waals surface area contributed by atoms with Crippen LogP contribution in [0.25, 0.3) is 11.1 Å². The first kappa shape index (κ1) is 16.4. The van der Waals surface area contributed by atoms with Crippen LogP contribution in [-0.4, -0.2) is 9.91 Å². The molecule has 0 atom stereocenters. The second kappa shape index (κ2) is 6.02. The molecule has 10 heteroatoms. The van der Waals surface area contributed by atoms with Gasteiger partial charge in [-0.2, -0.15) is 0 Å². The van der Waals surface area contributed by atoms with Crippen LogP contribution in [-0.2, 0) is 0 Å². The molecule has 0 bridgehead atoms. The Morgan fingerprint density at radius 1 is 0.952 bits per heavy atom. The molecule has 0 aliphatic heterocycles. The molecule has 1 N–H and O–H groups in total. The van der Waals surface area contributed by atoms with Crippen LogP contribution in [0.5, 0.6) is 0 Å². The third kappa shape index (κ3) is 2.84. The zero-order chi connectivity index (χ0) is 15.9. The highest BCUT2D eigenvalue weighted by Gasteiger charge is 2.22. The summed E-state index contributed by atoms with van der Waals surface area (Å²) in [6.07, 6.45) is 1.21. The summed E-state index contributed by atoms with van der Waals surface area (Å²) >= 11 is 29.8. The number of nitro groups is 1. The highest BCUT2D eigenvalue weighted by molar-refractivity contribution is 6.56. The van der Waals surface area contributed by atoms with E-state index in [2.05, 4.69) is 4.98 Å². The van der Waals surface area contributed by atoms with Gasteiger partial charge in [0.25, 0.3) is 0 Å². The minimum Gasteiger partial charge on any atom is -0.323 e. The number of pyridine rings is 1. The van der Waals surface area contributed by atoms with E-state index < -0.39 is 16.2 Å². The minimum atomic E-state index is -0.859. The first-order valence-corrected chi connectivity index (χ1v) is 7.03. The van der Waals surface area contributed by atoms with Crippen LogP contribution in [0.4, 0.5) is 5.69 Å². The normalized spacial score (nSPS) is 10.7. The second-order valence-electron chi connectivity index (χ2n) is 3.80. The Morgan fingerprint density at radius 2 is 1.43 bits per heavy atom. The Bertz CT molecular complexity index is 789. The molecule has 0 unspecified atom stereocenters. The van der Waals surface area contributed by atoms with Crippen molar-refractivity contribution in [2.45, 2.75) is 0 Å². The lowest BCUT2D eigenvalue weighted by Crippen LogP contribution is -2.10. The zero-order valence-corrected chi connectivity index (χ0v) is 13.5. The number of H-pyrrole nitrogens is 1. The topological polar surface area (TPSA) is 76.0 Å². The zero-order valence-electron chi connectivity index (χ0n) is 9.72. The Labute approximate surface area is 142 Å². The Balaban J connectivity index is 2.83. The largest absolute Gasteiger partial charge is 0.334 e. The number of halogens is 5. The van der Waals surface area contributed by atoms with Gasteiger partial charge >= 0.3 is 11.2 Å². The van der Waals surface area contributed by atoms with Crippen LogP contribution >= 0.6 is 58.0 Å². The second-order valence-corrected chi connectivity index (χ2v) is 5.69. The first-order valence-electron chi connectivity index (χ1n) is 5.14. The van der Waals surface area contributed by atoms with E-state index in [4.69, 9.17) is 58.0 Å². The molecule has 2 rings (SSSR count). The maximum absolute atomic E-state index is 11.4. The quantitative estimate of drug-likeness (QED) is 0.332. The smallest absolute Gasteiger partial charge is 0.323 e. The lowest BCUT2D eigenvalue weighted by atomic mass is 10.1. The molecule has 2 aromatic rings. The molecule has 1 heterocycles. The van der Waals surface area contributed by atoms with Crippen molar-refractivity contribution in [3.63, 3.8) is 0 Å². The number of aromatic amines is 1. The number of nitrogens with one attached hydrogen (secondary N) is 1. The van der Waals surface area contributed by atoms with E-state index in [1.165, 1.54) is 6.20 Å². The fourth-order valence-corrected chi connectivity index (χ4v) is 2.97. The molecule has 5 nitrogen and oxygen atoms in total. The predicted molar refractivity (Wildman–Crippen MR) is 84.2 cm³/mol. The number of rotatable bonds is 2. The first-order chi connectivity index (χ1) is 9.75. The van der Waals surface area contributed by atoms with Crippen LogP contribution in [0.15, 0.2) is 17.1 Å². The van der Waals surface area contributed by atoms with Crippen molar-refractivity contribution in [3.8, 4) is 11.1 Å². The van der Waals surface area contributed by atoms with Crippen LogP contribution in [0.1, 0.15) is 0 Å². The van der Waals surface area contributed by atoms with Crippen molar-refractivity contribution in [1.29, 1.82) is 0 Å². The monoisotopic (exact) mass is 386 g/mol. The molecule has 0 radical (unpaired) electrons. The fourth-order valence-electron chi connectivity index (χ4n) is 1.61. The summed E-state index contributed by atoms with van der Waals surface area (Å²) in [5.41, 5.74) is -1.21. The van der Waals surface area contributed by atoms with Gasteiger partial charge < -0.3 is 4.98 Å². The van der Waals surface area contributed by atoms with E-state index in [0.29, 0.717) is 0 Å². The van der Waals surface area contributed by atoms with E-state index in [1.807, 2.05) is 0 Å². The van der Waals surface area contributed by atoms with E-state index in [-0.39, 0.29) is 36.2 Å². The van der Waals surface area contributed by atoms with E-state index in [0.717, 1.165) is 6.07 Å². The highest BCUT2D eigenvalue weighted by atomic mass is 35.5. The SMILES string of the molecule is O=c1[nH]cc(-c2c(Cl)c(Cl)c(Cl)c(Cl)c2Cl)cc1[N+](=O)[O-]. The van der Waals surface area contributed by atoms with Crippen molar-refractivity contribution >= 4 is 63.7 Å². The van der Waals surface area contributed by atoms with Gasteiger partial charge in [0, 0.05) is 23.4 Å². The predicted octanol–water partition coefficient (Wildman–Crippen LogP) is 5.22. The highest BCUT2D eigenvalue weighted by Crippen LogP contribution is 2.48. The molecule has 0 amide bonds. The number of nitrogens with zero attached hydrogens (tertiary/aromatic N) is 1. The van der Waals surface area contributed by atoms with Gasteiger partial charge in [-0.05, 0) is 0 Å². The van der Waals surface area contributed by atoms with Gasteiger partial charge in [-0.15, -0.1) is 0 Å². The maximum Gasteiger partial charge on any atom is 0.334 e. The van der Waals surface area contributed by atoms with Crippen molar-refractivity contribution in [2.75, 3.05) is 0 Å². The fraction of sp³-hybridized carbons (Fsp3) is 0. The molecule has 0 saturated heterocycles. The molecular weight excluding hydrogens is 385 g/mol. The van der Waals surface area contributed by atoms with Gasteiger partial charge in [0.2, 0.25) is 0 Å². The van der Waals surface area contributed by atoms with Gasteiger partial charge in [0.15, 0.2) is 0 Å².